The van der Waals surface area contributed by atoms with Gasteiger partial charge in [0.15, 0.2) is 0 Å². The van der Waals surface area contributed by atoms with Crippen molar-refractivity contribution in [3.8, 4) is 0 Å². The average Bonchev–Trinajstić information content (AvgIpc) is 2.49. The lowest BCUT2D eigenvalue weighted by atomic mass is 9.95. The van der Waals surface area contributed by atoms with E-state index < -0.39 is 0 Å². The fourth-order valence-electron chi connectivity index (χ4n) is 2.97. The molecule has 0 saturated heterocycles. The summed E-state index contributed by atoms with van der Waals surface area (Å²) >= 11 is 0. The monoisotopic (exact) mass is 310 g/mol. The molecule has 0 N–H and O–H groups in total. The standard InChI is InChI=1S/C18H19N2OP/c1-13(19-18(21)22)20-12-16-8-3-2-6-14(16)10-11-15-7-4-5-9-17(15)20/h2-9H,10-12,22H2,1H3. The third-order valence-electron chi connectivity index (χ3n) is 4.06. The number of hydrogen-bond acceptors (Lipinski definition) is 1. The number of nitrogens with zero attached hydrogens (tertiary/aromatic N) is 2. The molecular formula is C18H19N2OP. The smallest absolute Gasteiger partial charge is 0.261 e. The Hall–Kier alpha value is -1.99. The zero-order valence-electron chi connectivity index (χ0n) is 12.6. The second-order valence-electron chi connectivity index (χ2n) is 5.48. The van der Waals surface area contributed by atoms with Gasteiger partial charge in [-0.3, -0.25) is 4.79 Å². The minimum Gasteiger partial charge on any atom is -0.325 e. The highest BCUT2D eigenvalue weighted by atomic mass is 31.0. The van der Waals surface area contributed by atoms with Crippen LogP contribution in [0.5, 0.6) is 0 Å². The van der Waals surface area contributed by atoms with Crippen molar-refractivity contribution < 1.29 is 4.79 Å². The van der Waals surface area contributed by atoms with Crippen molar-refractivity contribution in [1.29, 1.82) is 0 Å². The van der Waals surface area contributed by atoms with Gasteiger partial charge in [-0.15, -0.1) is 0 Å². The van der Waals surface area contributed by atoms with Gasteiger partial charge in [0, 0.05) is 12.2 Å². The van der Waals surface area contributed by atoms with E-state index in [4.69, 9.17) is 0 Å². The van der Waals surface area contributed by atoms with Crippen LogP contribution in [0.1, 0.15) is 23.6 Å². The van der Waals surface area contributed by atoms with Crippen LogP contribution in [-0.4, -0.2) is 11.5 Å². The second kappa shape index (κ2) is 6.41. The lowest BCUT2D eigenvalue weighted by molar-refractivity contribution is 0.267. The number of benzene rings is 2. The number of aryl methyl sites for hydroxylation is 2. The van der Waals surface area contributed by atoms with Gasteiger partial charge in [0.05, 0.1) is 0 Å². The van der Waals surface area contributed by atoms with E-state index in [2.05, 4.69) is 61.6 Å². The van der Waals surface area contributed by atoms with E-state index in [0.717, 1.165) is 30.9 Å². The van der Waals surface area contributed by atoms with E-state index in [0.29, 0.717) is 0 Å². The molecule has 1 heterocycles. The minimum atomic E-state index is -0.245. The summed E-state index contributed by atoms with van der Waals surface area (Å²) < 4.78 is 0. The Morgan fingerprint density at radius 3 is 2.32 bits per heavy atom. The molecule has 2 aromatic carbocycles. The molecule has 22 heavy (non-hydrogen) atoms. The van der Waals surface area contributed by atoms with Crippen molar-refractivity contribution in [1.82, 2.24) is 0 Å². The molecule has 0 bridgehead atoms. The Balaban J connectivity index is 2.10. The average molecular weight is 310 g/mol. The van der Waals surface area contributed by atoms with Gasteiger partial charge in [0.1, 0.15) is 5.84 Å². The van der Waals surface area contributed by atoms with Gasteiger partial charge >= 0.3 is 0 Å². The topological polar surface area (TPSA) is 32.7 Å². The van der Waals surface area contributed by atoms with Crippen LogP contribution in [0.25, 0.3) is 0 Å². The first-order valence-electron chi connectivity index (χ1n) is 7.42. The van der Waals surface area contributed by atoms with Crippen molar-refractivity contribution in [2.75, 3.05) is 4.90 Å². The molecule has 1 aliphatic rings. The number of aliphatic imine (C=N–C) groups is 1. The maximum Gasteiger partial charge on any atom is 0.261 e. The molecule has 0 fully saturated rings. The number of carbonyl (C=O) groups excluding carboxylic acids is 1. The molecule has 1 amide bonds. The summed E-state index contributed by atoms with van der Waals surface area (Å²) in [5.41, 5.74) is 4.85. The predicted molar refractivity (Wildman–Crippen MR) is 94.7 cm³/mol. The van der Waals surface area contributed by atoms with Crippen molar-refractivity contribution >= 4 is 26.4 Å². The van der Waals surface area contributed by atoms with Gasteiger partial charge in [-0.05, 0) is 51.8 Å². The van der Waals surface area contributed by atoms with Crippen LogP contribution in [0, 0.1) is 0 Å². The maximum absolute atomic E-state index is 11.4. The van der Waals surface area contributed by atoms with Crippen LogP contribution in [0.15, 0.2) is 53.5 Å². The molecule has 2 aromatic rings. The number of anilines is 1. The lowest BCUT2D eigenvalue weighted by Gasteiger charge is -2.29. The largest absolute Gasteiger partial charge is 0.325 e. The van der Waals surface area contributed by atoms with Crippen LogP contribution < -0.4 is 4.90 Å². The summed E-state index contributed by atoms with van der Waals surface area (Å²) in [5.74, 6) is 0.726. The first-order valence-corrected chi connectivity index (χ1v) is 8.00. The molecule has 0 aliphatic carbocycles. The van der Waals surface area contributed by atoms with Crippen LogP contribution in [0.4, 0.5) is 10.5 Å². The summed E-state index contributed by atoms with van der Waals surface area (Å²) in [7, 11) is 2.12. The quantitative estimate of drug-likeness (QED) is 0.415. The molecule has 0 saturated carbocycles. The van der Waals surface area contributed by atoms with Gasteiger partial charge in [0.2, 0.25) is 0 Å². The van der Waals surface area contributed by atoms with Crippen molar-refractivity contribution in [3.63, 3.8) is 0 Å². The third-order valence-corrected chi connectivity index (χ3v) is 4.18. The summed E-state index contributed by atoms with van der Waals surface area (Å²) in [4.78, 5) is 17.6. The van der Waals surface area contributed by atoms with Gasteiger partial charge in [-0.2, -0.15) is 4.99 Å². The third kappa shape index (κ3) is 3.10. The highest BCUT2D eigenvalue weighted by Gasteiger charge is 2.19. The van der Waals surface area contributed by atoms with E-state index in [1.165, 1.54) is 16.7 Å². The Morgan fingerprint density at radius 1 is 1.00 bits per heavy atom. The zero-order chi connectivity index (χ0) is 15.5. The Morgan fingerprint density at radius 2 is 1.59 bits per heavy atom. The second-order valence-corrected chi connectivity index (χ2v) is 5.97. The van der Waals surface area contributed by atoms with E-state index >= 15 is 0 Å². The predicted octanol–water partition coefficient (Wildman–Crippen LogP) is 4.21. The Labute approximate surface area is 133 Å². The minimum absolute atomic E-state index is 0.245. The van der Waals surface area contributed by atoms with Gasteiger partial charge in [-0.1, -0.05) is 42.5 Å². The molecule has 3 nitrogen and oxygen atoms in total. The Kier molecular flexibility index (Phi) is 4.35. The van der Waals surface area contributed by atoms with Crippen LogP contribution in [0.3, 0.4) is 0 Å². The van der Waals surface area contributed by atoms with Crippen molar-refractivity contribution in [2.45, 2.75) is 26.3 Å². The number of carbonyl (C=O) groups is 1. The number of hydrogen-bond donors (Lipinski definition) is 0. The fourth-order valence-corrected chi connectivity index (χ4v) is 3.16. The van der Waals surface area contributed by atoms with Crippen LogP contribution in [0.2, 0.25) is 0 Å². The van der Waals surface area contributed by atoms with Crippen LogP contribution in [-0.2, 0) is 19.4 Å². The molecule has 0 aromatic heterocycles. The SMILES string of the molecule is CC(=NC(=O)P)N1Cc2ccccc2CCc2ccccc21. The lowest BCUT2D eigenvalue weighted by Crippen LogP contribution is -2.31. The molecule has 3 rings (SSSR count). The summed E-state index contributed by atoms with van der Waals surface area (Å²) in [6.07, 6.45) is 2.03. The number of amides is 1. The van der Waals surface area contributed by atoms with Crippen molar-refractivity contribution in [3.05, 3.63) is 65.2 Å². The van der Waals surface area contributed by atoms with E-state index in [9.17, 15) is 4.79 Å². The highest BCUT2D eigenvalue weighted by molar-refractivity contribution is 7.40. The summed E-state index contributed by atoms with van der Waals surface area (Å²) in [6.45, 7) is 2.63. The summed E-state index contributed by atoms with van der Waals surface area (Å²) in [5, 5.41) is 0. The van der Waals surface area contributed by atoms with E-state index in [1.807, 2.05) is 13.0 Å². The molecule has 0 radical (unpaired) electrons. The Bertz CT molecular complexity index is 739. The highest BCUT2D eigenvalue weighted by Crippen LogP contribution is 2.28. The maximum atomic E-state index is 11.4. The summed E-state index contributed by atoms with van der Waals surface area (Å²) in [6, 6.07) is 16.9. The number of amidine groups is 1. The molecular weight excluding hydrogens is 291 g/mol. The van der Waals surface area contributed by atoms with E-state index in [-0.39, 0.29) is 5.65 Å². The molecule has 1 unspecified atom stereocenters. The normalized spacial score (nSPS) is 14.6. The van der Waals surface area contributed by atoms with Gasteiger partial charge in [-0.25, -0.2) is 0 Å². The first kappa shape index (κ1) is 14.9. The molecule has 1 atom stereocenters. The van der Waals surface area contributed by atoms with E-state index in [1.54, 1.807) is 0 Å². The van der Waals surface area contributed by atoms with Gasteiger partial charge in [0.25, 0.3) is 5.65 Å². The molecule has 1 aliphatic heterocycles. The first-order chi connectivity index (χ1) is 10.6. The number of rotatable bonds is 0. The van der Waals surface area contributed by atoms with Crippen molar-refractivity contribution in [2.24, 2.45) is 4.99 Å². The molecule has 112 valence electrons. The van der Waals surface area contributed by atoms with Crippen LogP contribution >= 0.6 is 9.24 Å². The number of fused-ring (bicyclic) bond motifs is 2. The molecule has 4 heteroatoms. The van der Waals surface area contributed by atoms with Gasteiger partial charge < -0.3 is 4.90 Å². The zero-order valence-corrected chi connectivity index (χ0v) is 13.8. The number of para-hydroxylation sites is 1. The molecule has 0 spiro atoms. The fraction of sp³-hybridized carbons (Fsp3) is 0.222.